The van der Waals surface area contributed by atoms with Gasteiger partial charge in [-0.25, -0.2) is 0 Å². The van der Waals surface area contributed by atoms with E-state index in [1.807, 2.05) is 0 Å². The summed E-state index contributed by atoms with van der Waals surface area (Å²) in [5.41, 5.74) is 6.48. The average molecular weight is 266 g/mol. The summed E-state index contributed by atoms with van der Waals surface area (Å²) < 4.78 is 5.77. The van der Waals surface area contributed by atoms with Crippen LogP contribution in [0.15, 0.2) is 0 Å². The van der Waals surface area contributed by atoms with Crippen LogP contribution in [-0.4, -0.2) is 42.3 Å². The van der Waals surface area contributed by atoms with E-state index >= 15 is 0 Å². The van der Waals surface area contributed by atoms with Crippen molar-refractivity contribution in [2.45, 2.75) is 76.0 Å². The molecule has 0 aromatic heterocycles. The van der Waals surface area contributed by atoms with Gasteiger partial charge < -0.3 is 10.5 Å². The Kier molecular flexibility index (Phi) is 4.16. The second kappa shape index (κ2) is 5.71. The highest BCUT2D eigenvalue weighted by molar-refractivity contribution is 5.02. The van der Waals surface area contributed by atoms with Gasteiger partial charge in [-0.3, -0.25) is 4.90 Å². The zero-order valence-corrected chi connectivity index (χ0v) is 12.4. The number of nitrogens with two attached hydrogens (primary N) is 1. The van der Waals surface area contributed by atoms with Gasteiger partial charge in [0.15, 0.2) is 0 Å². The highest BCUT2D eigenvalue weighted by Crippen LogP contribution is 2.42. The Morgan fingerprint density at radius 2 is 2.00 bits per heavy atom. The lowest BCUT2D eigenvalue weighted by Gasteiger charge is -2.49. The van der Waals surface area contributed by atoms with Gasteiger partial charge in [0.1, 0.15) is 0 Å². The van der Waals surface area contributed by atoms with Crippen LogP contribution >= 0.6 is 0 Å². The molecule has 110 valence electrons. The van der Waals surface area contributed by atoms with Gasteiger partial charge >= 0.3 is 0 Å². The fourth-order valence-corrected chi connectivity index (χ4v) is 4.92. The smallest absolute Gasteiger partial charge is 0.0565 e. The van der Waals surface area contributed by atoms with E-state index in [9.17, 15) is 0 Å². The molecule has 0 aromatic carbocycles. The Morgan fingerprint density at radius 1 is 1.21 bits per heavy atom. The normalized spacial score (nSPS) is 42.0. The number of ether oxygens (including phenoxy) is 1. The van der Waals surface area contributed by atoms with Crippen molar-refractivity contribution in [1.82, 2.24) is 4.90 Å². The molecule has 0 bridgehead atoms. The molecule has 2 N–H and O–H groups in total. The van der Waals surface area contributed by atoms with Gasteiger partial charge in [0.05, 0.1) is 6.10 Å². The van der Waals surface area contributed by atoms with Crippen LogP contribution in [0.4, 0.5) is 0 Å². The second-order valence-electron chi connectivity index (χ2n) is 7.01. The zero-order chi connectivity index (χ0) is 13.3. The lowest BCUT2D eigenvalue weighted by atomic mass is 9.82. The molecular weight excluding hydrogens is 236 g/mol. The van der Waals surface area contributed by atoms with Crippen LogP contribution in [0.5, 0.6) is 0 Å². The first-order valence-corrected chi connectivity index (χ1v) is 8.33. The van der Waals surface area contributed by atoms with Crippen molar-refractivity contribution in [2.24, 2.45) is 11.7 Å². The van der Waals surface area contributed by atoms with Gasteiger partial charge in [0.2, 0.25) is 0 Å². The maximum Gasteiger partial charge on any atom is 0.0565 e. The molecule has 2 aliphatic heterocycles. The SMILES string of the molecule is CC1CC(CN)(N2CCCC2C2CCCC2)CCO1. The van der Waals surface area contributed by atoms with Crippen molar-refractivity contribution in [1.29, 1.82) is 0 Å². The van der Waals surface area contributed by atoms with Crippen molar-refractivity contribution >= 4 is 0 Å². The van der Waals surface area contributed by atoms with Crippen LogP contribution in [0, 0.1) is 5.92 Å². The molecule has 3 unspecified atom stereocenters. The maximum atomic E-state index is 6.24. The van der Waals surface area contributed by atoms with E-state index in [4.69, 9.17) is 10.5 Å². The number of nitrogens with zero attached hydrogens (tertiary/aromatic N) is 1. The minimum atomic E-state index is 0.238. The predicted octanol–water partition coefficient (Wildman–Crippen LogP) is 2.54. The zero-order valence-electron chi connectivity index (χ0n) is 12.4. The molecule has 1 aliphatic carbocycles. The van der Waals surface area contributed by atoms with Crippen molar-refractivity contribution < 1.29 is 4.74 Å². The first-order valence-electron chi connectivity index (χ1n) is 8.33. The summed E-state index contributed by atoms with van der Waals surface area (Å²) in [4.78, 5) is 2.82. The first kappa shape index (κ1) is 13.8. The van der Waals surface area contributed by atoms with Crippen molar-refractivity contribution in [3.8, 4) is 0 Å². The molecule has 0 spiro atoms. The van der Waals surface area contributed by atoms with Crippen LogP contribution in [0.1, 0.15) is 58.3 Å². The highest BCUT2D eigenvalue weighted by atomic mass is 16.5. The van der Waals surface area contributed by atoms with E-state index in [0.29, 0.717) is 6.10 Å². The number of hydrogen-bond donors (Lipinski definition) is 1. The largest absolute Gasteiger partial charge is 0.378 e. The van der Waals surface area contributed by atoms with E-state index in [-0.39, 0.29) is 5.54 Å². The molecule has 3 fully saturated rings. The number of likely N-dealkylation sites (tertiary alicyclic amines) is 1. The fourth-order valence-electron chi connectivity index (χ4n) is 4.92. The molecule has 2 saturated heterocycles. The van der Waals surface area contributed by atoms with E-state index in [1.54, 1.807) is 0 Å². The molecule has 19 heavy (non-hydrogen) atoms. The Hall–Kier alpha value is -0.120. The molecular formula is C16H30N2O. The monoisotopic (exact) mass is 266 g/mol. The average Bonchev–Trinajstić information content (AvgIpc) is 3.09. The third kappa shape index (κ3) is 2.57. The molecule has 0 radical (unpaired) electrons. The minimum Gasteiger partial charge on any atom is -0.378 e. The molecule has 3 rings (SSSR count). The summed E-state index contributed by atoms with van der Waals surface area (Å²) in [7, 11) is 0. The fraction of sp³-hybridized carbons (Fsp3) is 1.00. The van der Waals surface area contributed by atoms with Gasteiger partial charge in [-0.05, 0) is 57.9 Å². The summed E-state index contributed by atoms with van der Waals surface area (Å²) in [6, 6.07) is 0.816. The predicted molar refractivity (Wildman–Crippen MR) is 78.1 cm³/mol. The molecule has 2 heterocycles. The number of rotatable bonds is 3. The van der Waals surface area contributed by atoms with E-state index in [0.717, 1.165) is 38.0 Å². The molecule has 0 aromatic rings. The molecule has 1 saturated carbocycles. The third-order valence-electron chi connectivity index (χ3n) is 5.87. The van der Waals surface area contributed by atoms with Gasteiger partial charge in [-0.15, -0.1) is 0 Å². The summed E-state index contributed by atoms with van der Waals surface area (Å²) in [6.07, 6.45) is 11.2. The van der Waals surface area contributed by atoms with Crippen LogP contribution in [-0.2, 0) is 4.74 Å². The second-order valence-corrected chi connectivity index (χ2v) is 7.01. The van der Waals surface area contributed by atoms with Gasteiger partial charge in [-0.2, -0.15) is 0 Å². The minimum absolute atomic E-state index is 0.238. The Bertz CT molecular complexity index is 303. The molecule has 3 heteroatoms. The van der Waals surface area contributed by atoms with Crippen LogP contribution in [0.2, 0.25) is 0 Å². The topological polar surface area (TPSA) is 38.5 Å². The highest BCUT2D eigenvalue weighted by Gasteiger charge is 2.46. The Balaban J connectivity index is 1.77. The molecule has 0 amide bonds. The summed E-state index contributed by atoms with van der Waals surface area (Å²) in [5.74, 6) is 0.948. The molecule has 3 nitrogen and oxygen atoms in total. The van der Waals surface area contributed by atoms with Crippen molar-refractivity contribution in [3.63, 3.8) is 0 Å². The quantitative estimate of drug-likeness (QED) is 0.853. The van der Waals surface area contributed by atoms with E-state index in [2.05, 4.69) is 11.8 Å². The summed E-state index contributed by atoms with van der Waals surface area (Å²) in [6.45, 7) is 5.19. The molecule has 3 aliphatic rings. The summed E-state index contributed by atoms with van der Waals surface area (Å²) in [5, 5.41) is 0. The maximum absolute atomic E-state index is 6.24. The number of hydrogen-bond acceptors (Lipinski definition) is 3. The van der Waals surface area contributed by atoms with Crippen LogP contribution < -0.4 is 5.73 Å². The lowest BCUT2D eigenvalue weighted by Crippen LogP contribution is -2.60. The Labute approximate surface area is 117 Å². The Morgan fingerprint density at radius 3 is 2.68 bits per heavy atom. The van der Waals surface area contributed by atoms with E-state index < -0.39 is 0 Å². The molecule has 3 atom stereocenters. The van der Waals surface area contributed by atoms with E-state index in [1.165, 1.54) is 45.1 Å². The van der Waals surface area contributed by atoms with Crippen LogP contribution in [0.3, 0.4) is 0 Å². The van der Waals surface area contributed by atoms with Gasteiger partial charge in [-0.1, -0.05) is 12.8 Å². The standard InChI is InChI=1S/C16H30N2O/c1-13-11-16(12-17,8-10-19-13)18-9-4-7-15(18)14-5-2-3-6-14/h13-15H,2-12,17H2,1H3. The van der Waals surface area contributed by atoms with Gasteiger partial charge in [0, 0.05) is 24.7 Å². The third-order valence-corrected chi connectivity index (χ3v) is 5.87. The summed E-state index contributed by atoms with van der Waals surface area (Å²) >= 11 is 0. The lowest BCUT2D eigenvalue weighted by molar-refractivity contribution is -0.0738. The first-order chi connectivity index (χ1) is 9.25. The van der Waals surface area contributed by atoms with Crippen molar-refractivity contribution in [3.05, 3.63) is 0 Å². The van der Waals surface area contributed by atoms with Gasteiger partial charge in [0.25, 0.3) is 0 Å². The van der Waals surface area contributed by atoms with Crippen LogP contribution in [0.25, 0.3) is 0 Å². The van der Waals surface area contributed by atoms with Crippen molar-refractivity contribution in [2.75, 3.05) is 19.7 Å².